The first-order valence-corrected chi connectivity index (χ1v) is 6.88. The van der Waals surface area contributed by atoms with E-state index in [1.54, 1.807) is 6.92 Å². The van der Waals surface area contributed by atoms with Crippen molar-refractivity contribution in [1.82, 2.24) is 5.32 Å². The molecule has 106 valence electrons. The maximum atomic E-state index is 11.1. The van der Waals surface area contributed by atoms with Gasteiger partial charge in [-0.3, -0.25) is 0 Å². The van der Waals surface area contributed by atoms with E-state index in [0.717, 1.165) is 25.7 Å². The molecule has 2 rings (SSSR count). The zero-order chi connectivity index (χ0) is 13.9. The smallest absolute Gasteiger partial charge is 0.409 e. The molecule has 4 atom stereocenters. The van der Waals surface area contributed by atoms with Gasteiger partial charge in [-0.05, 0) is 13.3 Å². The third-order valence-electron chi connectivity index (χ3n) is 3.57. The number of aliphatic hydroxyl groups excluding tert-OH is 1. The van der Waals surface area contributed by atoms with Crippen molar-refractivity contribution in [2.45, 2.75) is 70.0 Å². The zero-order valence-electron chi connectivity index (χ0n) is 11.4. The quantitative estimate of drug-likeness (QED) is 0.601. The topological polar surface area (TPSA) is 67.8 Å². The van der Waals surface area contributed by atoms with Crippen molar-refractivity contribution in [2.75, 3.05) is 0 Å². The Bertz CT molecular complexity index is 400. The molecule has 2 heterocycles. The molecular weight excluding hydrogens is 246 g/mol. The fourth-order valence-electron chi connectivity index (χ4n) is 2.32. The van der Waals surface area contributed by atoms with Crippen molar-refractivity contribution in [1.29, 1.82) is 0 Å². The van der Waals surface area contributed by atoms with Gasteiger partial charge in [-0.15, -0.1) is 5.92 Å². The van der Waals surface area contributed by atoms with Crippen LogP contribution in [0.2, 0.25) is 0 Å². The summed E-state index contributed by atoms with van der Waals surface area (Å²) < 4.78 is 10.7. The van der Waals surface area contributed by atoms with Gasteiger partial charge in [0.15, 0.2) is 5.60 Å². The maximum Gasteiger partial charge on any atom is 0.409 e. The Kier molecular flexibility index (Phi) is 4.33. The second-order valence-corrected chi connectivity index (χ2v) is 5.26. The predicted molar refractivity (Wildman–Crippen MR) is 69.2 cm³/mol. The molecule has 0 spiro atoms. The van der Waals surface area contributed by atoms with Gasteiger partial charge in [0.1, 0.15) is 0 Å². The lowest BCUT2D eigenvalue weighted by molar-refractivity contribution is -0.215. The van der Waals surface area contributed by atoms with Crippen molar-refractivity contribution in [3.8, 4) is 11.8 Å². The average Bonchev–Trinajstić information content (AvgIpc) is 2.69. The van der Waals surface area contributed by atoms with E-state index >= 15 is 0 Å². The van der Waals surface area contributed by atoms with E-state index in [1.807, 2.05) is 0 Å². The summed E-state index contributed by atoms with van der Waals surface area (Å²) in [5, 5.41) is 12.7. The third kappa shape index (κ3) is 3.20. The van der Waals surface area contributed by atoms with Gasteiger partial charge >= 0.3 is 6.09 Å². The van der Waals surface area contributed by atoms with Gasteiger partial charge in [-0.25, -0.2) is 4.79 Å². The molecule has 2 saturated heterocycles. The number of carbonyl (C=O) groups is 1. The maximum absolute atomic E-state index is 11.1. The summed E-state index contributed by atoms with van der Waals surface area (Å²) in [6.45, 7) is 3.89. The van der Waals surface area contributed by atoms with Crippen LogP contribution in [0.1, 0.15) is 46.0 Å². The summed E-state index contributed by atoms with van der Waals surface area (Å²) in [4.78, 5) is 11.1. The Hall–Kier alpha value is -1.25. The Morgan fingerprint density at radius 2 is 2.32 bits per heavy atom. The van der Waals surface area contributed by atoms with Crippen LogP contribution < -0.4 is 5.32 Å². The predicted octanol–water partition coefficient (Wildman–Crippen LogP) is 1.54. The van der Waals surface area contributed by atoms with Crippen molar-refractivity contribution in [2.24, 2.45) is 0 Å². The van der Waals surface area contributed by atoms with Crippen LogP contribution in [0.25, 0.3) is 0 Å². The molecule has 0 radical (unpaired) electrons. The SMILES string of the molecule is CCCCCC#CC1(C)OC2OC(=O)NC2CC1O. The number of nitrogens with one attached hydrogen (secondary N) is 1. The van der Waals surface area contributed by atoms with Crippen molar-refractivity contribution in [3.05, 3.63) is 0 Å². The van der Waals surface area contributed by atoms with Gasteiger partial charge in [0.25, 0.3) is 0 Å². The first kappa shape index (κ1) is 14.2. The molecule has 5 heteroatoms. The summed E-state index contributed by atoms with van der Waals surface area (Å²) in [5.74, 6) is 6.05. The van der Waals surface area contributed by atoms with Crippen LogP contribution >= 0.6 is 0 Å². The minimum absolute atomic E-state index is 0.280. The normalized spacial score (nSPS) is 36.8. The fraction of sp³-hybridized carbons (Fsp3) is 0.786. The summed E-state index contributed by atoms with van der Waals surface area (Å²) in [7, 11) is 0. The lowest BCUT2D eigenvalue weighted by Crippen LogP contribution is -2.55. The summed E-state index contributed by atoms with van der Waals surface area (Å²) in [5.41, 5.74) is -0.959. The van der Waals surface area contributed by atoms with E-state index in [9.17, 15) is 9.90 Å². The molecule has 1 amide bonds. The number of rotatable bonds is 3. The minimum Gasteiger partial charge on any atom is -0.417 e. The number of hydrogen-bond acceptors (Lipinski definition) is 4. The number of alkyl carbamates (subject to hydrolysis) is 1. The summed E-state index contributed by atoms with van der Waals surface area (Å²) >= 11 is 0. The van der Waals surface area contributed by atoms with Crippen LogP contribution in [0.3, 0.4) is 0 Å². The molecule has 5 nitrogen and oxygen atoms in total. The Labute approximate surface area is 113 Å². The Morgan fingerprint density at radius 3 is 3.05 bits per heavy atom. The molecule has 0 saturated carbocycles. The zero-order valence-corrected chi connectivity index (χ0v) is 11.4. The highest BCUT2D eigenvalue weighted by Crippen LogP contribution is 2.31. The molecule has 0 bridgehead atoms. The molecule has 0 aromatic rings. The fourth-order valence-corrected chi connectivity index (χ4v) is 2.32. The average molecular weight is 267 g/mol. The van der Waals surface area contributed by atoms with Gasteiger partial charge in [-0.2, -0.15) is 0 Å². The van der Waals surface area contributed by atoms with Crippen LogP contribution in [-0.2, 0) is 9.47 Å². The van der Waals surface area contributed by atoms with Crippen LogP contribution in [-0.4, -0.2) is 35.2 Å². The highest BCUT2D eigenvalue weighted by Gasteiger charge is 2.49. The Morgan fingerprint density at radius 1 is 1.53 bits per heavy atom. The van der Waals surface area contributed by atoms with E-state index in [2.05, 4.69) is 24.1 Å². The first-order valence-electron chi connectivity index (χ1n) is 6.88. The van der Waals surface area contributed by atoms with Crippen molar-refractivity contribution in [3.63, 3.8) is 0 Å². The van der Waals surface area contributed by atoms with E-state index in [4.69, 9.17) is 9.47 Å². The van der Waals surface area contributed by atoms with Crippen LogP contribution in [0.15, 0.2) is 0 Å². The van der Waals surface area contributed by atoms with Crippen LogP contribution in [0.5, 0.6) is 0 Å². The van der Waals surface area contributed by atoms with Gasteiger partial charge in [0, 0.05) is 12.8 Å². The summed E-state index contributed by atoms with van der Waals surface area (Å²) in [6, 6.07) is -0.280. The van der Waals surface area contributed by atoms with Gasteiger partial charge in [0.05, 0.1) is 12.1 Å². The molecule has 4 unspecified atom stereocenters. The van der Waals surface area contributed by atoms with E-state index in [1.165, 1.54) is 0 Å². The molecule has 2 fully saturated rings. The second kappa shape index (κ2) is 5.81. The minimum atomic E-state index is -0.959. The first-order chi connectivity index (χ1) is 9.05. The standard InChI is InChI=1S/C14H21NO4/c1-3-4-5-6-7-8-14(2)11(16)9-10-12(19-14)18-13(17)15-10/h10-12,16H,3-6,9H2,1-2H3,(H,15,17). The Balaban J connectivity index is 1.96. The number of hydrogen-bond donors (Lipinski definition) is 2. The highest BCUT2D eigenvalue weighted by atomic mass is 16.7. The lowest BCUT2D eigenvalue weighted by Gasteiger charge is -2.38. The van der Waals surface area contributed by atoms with E-state index < -0.39 is 24.1 Å². The van der Waals surface area contributed by atoms with E-state index in [-0.39, 0.29) is 6.04 Å². The van der Waals surface area contributed by atoms with Crippen molar-refractivity contribution >= 4 is 6.09 Å². The van der Waals surface area contributed by atoms with Gasteiger partial charge in [-0.1, -0.05) is 25.7 Å². The largest absolute Gasteiger partial charge is 0.417 e. The van der Waals surface area contributed by atoms with Crippen LogP contribution in [0, 0.1) is 11.8 Å². The molecule has 0 aliphatic carbocycles. The number of carbonyl (C=O) groups excluding carboxylic acids is 1. The molecule has 0 aromatic carbocycles. The molecular formula is C14H21NO4. The monoisotopic (exact) mass is 267 g/mol. The molecule has 2 N–H and O–H groups in total. The highest BCUT2D eigenvalue weighted by molar-refractivity contribution is 5.70. The molecule has 19 heavy (non-hydrogen) atoms. The van der Waals surface area contributed by atoms with Crippen molar-refractivity contribution < 1.29 is 19.4 Å². The van der Waals surface area contributed by atoms with Gasteiger partial charge in [0.2, 0.25) is 6.29 Å². The van der Waals surface area contributed by atoms with Crippen LogP contribution in [0.4, 0.5) is 4.79 Å². The molecule has 2 aliphatic rings. The number of ether oxygens (including phenoxy) is 2. The second-order valence-electron chi connectivity index (χ2n) is 5.26. The third-order valence-corrected chi connectivity index (χ3v) is 3.57. The van der Waals surface area contributed by atoms with E-state index in [0.29, 0.717) is 6.42 Å². The lowest BCUT2D eigenvalue weighted by atomic mass is 9.90. The summed E-state index contributed by atoms with van der Waals surface area (Å²) in [6.07, 6.45) is 2.69. The number of unbranched alkanes of at least 4 members (excludes halogenated alkanes) is 3. The number of aliphatic hydroxyl groups is 1. The number of amides is 1. The molecule has 2 aliphatic heterocycles. The number of fused-ring (bicyclic) bond motifs is 1. The molecule has 0 aromatic heterocycles. The van der Waals surface area contributed by atoms with Gasteiger partial charge < -0.3 is 19.9 Å².